The SMILES string of the molecule is Cc1cc(C(=O)Nc2nc(-c3cc4ccccc4oc3=O)cs2)no1. The molecule has 3 aromatic heterocycles. The molecular weight excluding hydrogens is 342 g/mol. The number of nitrogens with zero attached hydrogens (tertiary/aromatic N) is 2. The number of anilines is 1. The monoisotopic (exact) mass is 353 g/mol. The third-order valence-corrected chi connectivity index (χ3v) is 4.26. The van der Waals surface area contributed by atoms with Crippen LogP contribution in [0.4, 0.5) is 5.13 Å². The molecule has 0 aliphatic carbocycles. The molecule has 0 aliphatic heterocycles. The van der Waals surface area contributed by atoms with Crippen LogP contribution in [0.25, 0.3) is 22.2 Å². The molecule has 25 heavy (non-hydrogen) atoms. The van der Waals surface area contributed by atoms with Crippen LogP contribution >= 0.6 is 11.3 Å². The normalized spacial score (nSPS) is 10.9. The van der Waals surface area contributed by atoms with Crippen LogP contribution in [0.15, 0.2) is 55.5 Å². The van der Waals surface area contributed by atoms with E-state index in [0.29, 0.717) is 27.7 Å². The highest BCUT2D eigenvalue weighted by molar-refractivity contribution is 7.14. The molecule has 7 nitrogen and oxygen atoms in total. The Hall–Kier alpha value is -3.26. The summed E-state index contributed by atoms with van der Waals surface area (Å²) in [6, 6.07) is 10.5. The fraction of sp³-hybridized carbons (Fsp3) is 0.0588. The van der Waals surface area contributed by atoms with Gasteiger partial charge in [0.2, 0.25) is 0 Å². The second-order valence-corrected chi connectivity index (χ2v) is 6.16. The zero-order chi connectivity index (χ0) is 17.4. The van der Waals surface area contributed by atoms with Gasteiger partial charge in [-0.15, -0.1) is 11.3 Å². The molecule has 4 aromatic rings. The average molecular weight is 353 g/mol. The minimum Gasteiger partial charge on any atom is -0.422 e. The summed E-state index contributed by atoms with van der Waals surface area (Å²) in [4.78, 5) is 28.5. The molecule has 0 unspecified atom stereocenters. The summed E-state index contributed by atoms with van der Waals surface area (Å²) in [7, 11) is 0. The zero-order valence-corrected chi connectivity index (χ0v) is 13.8. The van der Waals surface area contributed by atoms with Crippen LogP contribution < -0.4 is 10.9 Å². The number of carbonyl (C=O) groups is 1. The Kier molecular flexibility index (Phi) is 3.66. The second-order valence-electron chi connectivity index (χ2n) is 5.30. The molecule has 0 atom stereocenters. The number of para-hydroxylation sites is 1. The van der Waals surface area contributed by atoms with Crippen molar-refractivity contribution in [2.45, 2.75) is 6.92 Å². The lowest BCUT2D eigenvalue weighted by Crippen LogP contribution is -2.12. The first kappa shape index (κ1) is 15.3. The molecule has 124 valence electrons. The van der Waals surface area contributed by atoms with Gasteiger partial charge >= 0.3 is 5.63 Å². The van der Waals surface area contributed by atoms with Gasteiger partial charge in [0.25, 0.3) is 5.91 Å². The van der Waals surface area contributed by atoms with E-state index in [2.05, 4.69) is 15.5 Å². The Morgan fingerprint density at radius 1 is 1.24 bits per heavy atom. The number of carbonyl (C=O) groups excluding carboxylic acids is 1. The average Bonchev–Trinajstić information content (AvgIpc) is 3.23. The lowest BCUT2D eigenvalue weighted by atomic mass is 10.1. The first-order valence-corrected chi connectivity index (χ1v) is 8.21. The molecule has 1 N–H and O–H groups in total. The highest BCUT2D eigenvalue weighted by Crippen LogP contribution is 2.25. The number of hydrogen-bond acceptors (Lipinski definition) is 7. The summed E-state index contributed by atoms with van der Waals surface area (Å²) >= 11 is 1.21. The van der Waals surface area contributed by atoms with E-state index in [1.807, 2.05) is 12.1 Å². The first-order valence-electron chi connectivity index (χ1n) is 7.33. The van der Waals surface area contributed by atoms with E-state index in [1.54, 1.807) is 30.5 Å². The smallest absolute Gasteiger partial charge is 0.345 e. The number of nitrogens with one attached hydrogen (secondary N) is 1. The third kappa shape index (κ3) is 2.94. The predicted octanol–water partition coefficient (Wildman–Crippen LogP) is 3.47. The van der Waals surface area contributed by atoms with Gasteiger partial charge in [-0.2, -0.15) is 0 Å². The zero-order valence-electron chi connectivity index (χ0n) is 13.0. The molecule has 3 heterocycles. The Morgan fingerprint density at radius 3 is 2.88 bits per heavy atom. The first-order chi connectivity index (χ1) is 12.1. The van der Waals surface area contributed by atoms with Crippen molar-refractivity contribution in [3.05, 3.63) is 63.7 Å². The van der Waals surface area contributed by atoms with Crippen molar-refractivity contribution in [3.8, 4) is 11.3 Å². The van der Waals surface area contributed by atoms with Crippen molar-refractivity contribution in [2.24, 2.45) is 0 Å². The van der Waals surface area contributed by atoms with E-state index < -0.39 is 11.5 Å². The largest absolute Gasteiger partial charge is 0.422 e. The molecule has 0 saturated heterocycles. The van der Waals surface area contributed by atoms with E-state index in [1.165, 1.54) is 17.4 Å². The molecule has 0 aliphatic rings. The number of thiazole rings is 1. The van der Waals surface area contributed by atoms with E-state index in [4.69, 9.17) is 8.94 Å². The summed E-state index contributed by atoms with van der Waals surface area (Å²) in [5.74, 6) is 0.113. The number of amides is 1. The molecular formula is C17H11N3O4S. The van der Waals surface area contributed by atoms with E-state index in [9.17, 15) is 9.59 Å². The summed E-state index contributed by atoms with van der Waals surface area (Å²) in [6.45, 7) is 1.70. The number of rotatable bonds is 3. The maximum absolute atomic E-state index is 12.2. The number of aryl methyl sites for hydroxylation is 1. The molecule has 0 spiro atoms. The number of aromatic nitrogens is 2. The van der Waals surface area contributed by atoms with Gasteiger partial charge in [0.15, 0.2) is 10.8 Å². The molecule has 0 bridgehead atoms. The third-order valence-electron chi connectivity index (χ3n) is 3.50. The standard InChI is InChI=1S/C17H11N3O4S/c1-9-6-12(20-24-9)15(21)19-17-18-13(8-25-17)11-7-10-4-2-3-5-14(10)23-16(11)22/h2-8H,1H3,(H,18,19,21). The highest BCUT2D eigenvalue weighted by atomic mass is 32.1. The van der Waals surface area contributed by atoms with Crippen molar-refractivity contribution in [3.63, 3.8) is 0 Å². The molecule has 0 saturated carbocycles. The van der Waals surface area contributed by atoms with Gasteiger partial charge < -0.3 is 8.94 Å². The van der Waals surface area contributed by atoms with Crippen LogP contribution in [-0.4, -0.2) is 16.0 Å². The Balaban J connectivity index is 1.64. The Morgan fingerprint density at radius 2 is 2.08 bits per heavy atom. The lowest BCUT2D eigenvalue weighted by molar-refractivity contribution is 0.101. The van der Waals surface area contributed by atoms with Gasteiger partial charge in [0, 0.05) is 16.8 Å². The Bertz CT molecular complexity index is 1140. The van der Waals surface area contributed by atoms with E-state index in [0.717, 1.165) is 5.39 Å². The van der Waals surface area contributed by atoms with Gasteiger partial charge in [0.05, 0.1) is 11.3 Å². The second kappa shape index (κ2) is 5.99. The summed E-state index contributed by atoms with van der Waals surface area (Å²) in [5, 5.41) is 9.12. The minimum atomic E-state index is -0.478. The highest BCUT2D eigenvalue weighted by Gasteiger charge is 2.15. The van der Waals surface area contributed by atoms with Crippen LogP contribution in [0.1, 0.15) is 16.2 Å². The quantitative estimate of drug-likeness (QED) is 0.566. The van der Waals surface area contributed by atoms with Gasteiger partial charge in [-0.1, -0.05) is 23.4 Å². The molecule has 8 heteroatoms. The number of benzene rings is 1. The van der Waals surface area contributed by atoms with Gasteiger partial charge in [-0.3, -0.25) is 10.1 Å². The summed E-state index contributed by atoms with van der Waals surface area (Å²) in [6.07, 6.45) is 0. The minimum absolute atomic E-state index is 0.166. The number of fused-ring (bicyclic) bond motifs is 1. The topological polar surface area (TPSA) is 98.2 Å². The predicted molar refractivity (Wildman–Crippen MR) is 92.8 cm³/mol. The fourth-order valence-electron chi connectivity index (χ4n) is 2.33. The van der Waals surface area contributed by atoms with Gasteiger partial charge in [-0.05, 0) is 19.1 Å². The fourth-order valence-corrected chi connectivity index (χ4v) is 3.04. The van der Waals surface area contributed by atoms with Gasteiger partial charge in [0.1, 0.15) is 11.3 Å². The molecule has 0 radical (unpaired) electrons. The van der Waals surface area contributed by atoms with Crippen molar-refractivity contribution in [1.29, 1.82) is 0 Å². The van der Waals surface area contributed by atoms with Crippen molar-refractivity contribution in [1.82, 2.24) is 10.1 Å². The van der Waals surface area contributed by atoms with Crippen LogP contribution in [0.5, 0.6) is 0 Å². The lowest BCUT2D eigenvalue weighted by Gasteiger charge is -1.99. The Labute approximate surface area is 144 Å². The maximum Gasteiger partial charge on any atom is 0.345 e. The maximum atomic E-state index is 12.2. The molecule has 0 fully saturated rings. The van der Waals surface area contributed by atoms with Crippen LogP contribution in [0.2, 0.25) is 0 Å². The van der Waals surface area contributed by atoms with E-state index in [-0.39, 0.29) is 5.69 Å². The van der Waals surface area contributed by atoms with Crippen LogP contribution in [0, 0.1) is 6.92 Å². The van der Waals surface area contributed by atoms with E-state index >= 15 is 0 Å². The summed E-state index contributed by atoms with van der Waals surface area (Å²) < 4.78 is 10.2. The molecule has 1 amide bonds. The van der Waals surface area contributed by atoms with Crippen molar-refractivity contribution >= 4 is 33.3 Å². The van der Waals surface area contributed by atoms with Gasteiger partial charge in [-0.25, -0.2) is 9.78 Å². The summed E-state index contributed by atoms with van der Waals surface area (Å²) in [5.41, 5.74) is 0.985. The van der Waals surface area contributed by atoms with Crippen molar-refractivity contribution < 1.29 is 13.7 Å². The van der Waals surface area contributed by atoms with Crippen molar-refractivity contribution in [2.75, 3.05) is 5.32 Å². The molecule has 1 aromatic carbocycles. The van der Waals surface area contributed by atoms with Crippen LogP contribution in [-0.2, 0) is 0 Å². The number of hydrogen-bond donors (Lipinski definition) is 1. The van der Waals surface area contributed by atoms with Crippen LogP contribution in [0.3, 0.4) is 0 Å². The molecule has 4 rings (SSSR count).